The van der Waals surface area contributed by atoms with Crippen molar-refractivity contribution in [2.45, 2.75) is 225 Å². The van der Waals surface area contributed by atoms with E-state index < -0.39 is 0 Å². The minimum absolute atomic E-state index is 0. The Morgan fingerprint density at radius 3 is 1.16 bits per heavy atom. The van der Waals surface area contributed by atoms with Crippen molar-refractivity contribution in [2.24, 2.45) is 0 Å². The van der Waals surface area contributed by atoms with Crippen molar-refractivity contribution in [3.05, 3.63) is 0 Å². The second-order valence-corrected chi connectivity index (χ2v) is 16.5. The summed E-state index contributed by atoms with van der Waals surface area (Å²) in [5.41, 5.74) is 0. The van der Waals surface area contributed by atoms with Crippen molar-refractivity contribution in [3.63, 3.8) is 0 Å². The van der Waals surface area contributed by atoms with Crippen LogP contribution in [0.2, 0.25) is 0 Å². The van der Waals surface area contributed by atoms with E-state index in [1.165, 1.54) is 116 Å². The molecule has 0 radical (unpaired) electrons. The first-order chi connectivity index (χ1) is 26.5. The van der Waals surface area contributed by atoms with E-state index in [9.17, 15) is 19.2 Å². The van der Waals surface area contributed by atoms with Crippen LogP contribution in [0.4, 0.5) is 0 Å². The number of rotatable bonds is 35. The first-order valence-electron chi connectivity index (χ1n) is 23.3. The third kappa shape index (κ3) is 24.5. The molecule has 322 valence electrons. The molecule has 2 rings (SSSR count). The number of carbonyl (C=O) groups is 4. The molecule has 0 spiro atoms. The Kier molecular flexibility index (Phi) is 32.8. The van der Waals surface area contributed by atoms with Gasteiger partial charge in [0.25, 0.3) is 0 Å². The van der Waals surface area contributed by atoms with Gasteiger partial charge in [0.15, 0.2) is 0 Å². The number of carbonyl (C=O) groups excluding carboxylic acids is 4. The van der Waals surface area contributed by atoms with Gasteiger partial charge >= 0.3 is 0 Å². The average Bonchev–Trinajstić information content (AvgIpc) is 3.88. The van der Waals surface area contributed by atoms with Gasteiger partial charge in [-0.25, -0.2) is 0 Å². The highest BCUT2D eigenvalue weighted by atomic mass is 35.5. The van der Waals surface area contributed by atoms with Crippen molar-refractivity contribution in [2.75, 3.05) is 39.3 Å². The van der Waals surface area contributed by atoms with Gasteiger partial charge < -0.3 is 25.8 Å². The topological polar surface area (TPSA) is 111 Å². The van der Waals surface area contributed by atoms with Crippen molar-refractivity contribution in [3.8, 4) is 0 Å². The SMILES string of the molecule is CCCCCCCCCCCCCC(=O)N1CCCC1C(=O)NCCCCNCCCNC(=O)C1CCCN1C(=O)CCCCCCCCCCCCC.Cl. The monoisotopic (exact) mass is 796 g/mol. The molecule has 2 saturated heterocycles. The zero-order valence-corrected chi connectivity index (χ0v) is 36.6. The van der Waals surface area contributed by atoms with Gasteiger partial charge in [0.05, 0.1) is 0 Å². The number of halogens is 1. The van der Waals surface area contributed by atoms with E-state index >= 15 is 0 Å². The second kappa shape index (κ2) is 35.3. The van der Waals surface area contributed by atoms with Gasteiger partial charge in [-0.2, -0.15) is 0 Å². The van der Waals surface area contributed by atoms with Crippen LogP contribution < -0.4 is 16.0 Å². The molecule has 0 aromatic carbocycles. The molecule has 2 fully saturated rings. The van der Waals surface area contributed by atoms with E-state index in [2.05, 4.69) is 29.8 Å². The summed E-state index contributed by atoms with van der Waals surface area (Å²) in [6, 6.07) is -0.612. The molecular formula is C45H86ClN5O4. The van der Waals surface area contributed by atoms with Gasteiger partial charge in [-0.05, 0) is 70.9 Å². The fourth-order valence-electron chi connectivity index (χ4n) is 8.22. The zero-order chi connectivity index (χ0) is 38.9. The summed E-state index contributed by atoms with van der Waals surface area (Å²) in [6.45, 7) is 8.84. The molecule has 10 heteroatoms. The Balaban J connectivity index is 0.0000151. The van der Waals surface area contributed by atoms with Crippen molar-refractivity contribution in [1.82, 2.24) is 25.8 Å². The van der Waals surface area contributed by atoms with Crippen LogP contribution in [0.3, 0.4) is 0 Å². The van der Waals surface area contributed by atoms with Gasteiger partial charge in [-0.3, -0.25) is 19.2 Å². The van der Waals surface area contributed by atoms with Gasteiger partial charge in [0, 0.05) is 39.0 Å². The van der Waals surface area contributed by atoms with Gasteiger partial charge in [-0.15, -0.1) is 12.4 Å². The minimum atomic E-state index is -0.308. The first kappa shape index (κ1) is 51.1. The van der Waals surface area contributed by atoms with Crippen LogP contribution in [0.1, 0.15) is 213 Å². The van der Waals surface area contributed by atoms with Crippen LogP contribution >= 0.6 is 12.4 Å². The Morgan fingerprint density at radius 1 is 0.436 bits per heavy atom. The van der Waals surface area contributed by atoms with Gasteiger partial charge in [0.2, 0.25) is 23.6 Å². The molecule has 55 heavy (non-hydrogen) atoms. The van der Waals surface area contributed by atoms with Crippen molar-refractivity contribution in [1.29, 1.82) is 0 Å². The van der Waals surface area contributed by atoms with E-state index in [4.69, 9.17) is 0 Å². The van der Waals surface area contributed by atoms with Crippen LogP contribution in [0.25, 0.3) is 0 Å². The Hall–Kier alpha value is -1.87. The highest BCUT2D eigenvalue weighted by Gasteiger charge is 2.34. The molecule has 0 aromatic rings. The predicted octanol–water partition coefficient (Wildman–Crippen LogP) is 9.78. The average molecular weight is 797 g/mol. The molecule has 0 saturated carbocycles. The molecule has 2 aliphatic heterocycles. The molecule has 2 heterocycles. The van der Waals surface area contributed by atoms with Crippen LogP contribution in [-0.4, -0.2) is 84.8 Å². The smallest absolute Gasteiger partial charge is 0.242 e. The lowest BCUT2D eigenvalue weighted by atomic mass is 10.0. The Bertz CT molecular complexity index is 909. The van der Waals surface area contributed by atoms with Crippen LogP contribution in [-0.2, 0) is 19.2 Å². The minimum Gasteiger partial charge on any atom is -0.354 e. The number of hydrogen-bond acceptors (Lipinski definition) is 5. The first-order valence-corrected chi connectivity index (χ1v) is 23.3. The fourth-order valence-corrected chi connectivity index (χ4v) is 8.22. The summed E-state index contributed by atoms with van der Waals surface area (Å²) >= 11 is 0. The molecule has 2 unspecified atom stereocenters. The molecule has 0 aliphatic carbocycles. The van der Waals surface area contributed by atoms with E-state index in [-0.39, 0.29) is 48.1 Å². The fraction of sp³-hybridized carbons (Fsp3) is 0.911. The predicted molar refractivity (Wildman–Crippen MR) is 232 cm³/mol. The van der Waals surface area contributed by atoms with E-state index in [0.717, 1.165) is 83.7 Å². The molecule has 0 aromatic heterocycles. The summed E-state index contributed by atoms with van der Waals surface area (Å²) < 4.78 is 0. The highest BCUT2D eigenvalue weighted by molar-refractivity contribution is 5.89. The molecule has 3 N–H and O–H groups in total. The molecule has 2 aliphatic rings. The van der Waals surface area contributed by atoms with Crippen molar-refractivity contribution >= 4 is 36.0 Å². The summed E-state index contributed by atoms with van der Waals surface area (Å²) in [4.78, 5) is 55.2. The molecule has 4 amide bonds. The maximum Gasteiger partial charge on any atom is 0.242 e. The van der Waals surface area contributed by atoms with Crippen LogP contribution in [0.5, 0.6) is 0 Å². The molecule has 0 bridgehead atoms. The van der Waals surface area contributed by atoms with Gasteiger partial charge in [-0.1, -0.05) is 142 Å². The maximum absolute atomic E-state index is 12.9. The zero-order valence-electron chi connectivity index (χ0n) is 35.8. The number of unbranched alkanes of at least 4 members (excludes halogenated alkanes) is 21. The molecule has 2 atom stereocenters. The number of nitrogens with one attached hydrogen (secondary N) is 3. The standard InChI is InChI=1S/C45H85N5O4.ClH/c1-3-5-7-9-11-13-15-17-19-21-23-32-42(51)49-38-27-30-40(49)44(53)47-36-26-25-34-46-35-29-37-48-45(54)41-31-28-39-50(41)43(52)33-24-22-20-18-16-14-12-10-8-6-4-2;/h40-41,46H,3-39H2,1-2H3,(H,47,53)(H,48,54);1H. The number of likely N-dealkylation sites (tertiary alicyclic amines) is 2. The van der Waals surface area contributed by atoms with Gasteiger partial charge in [0.1, 0.15) is 12.1 Å². The van der Waals surface area contributed by atoms with Crippen LogP contribution in [0.15, 0.2) is 0 Å². The summed E-state index contributed by atoms with van der Waals surface area (Å²) in [5, 5.41) is 9.58. The lowest BCUT2D eigenvalue weighted by Crippen LogP contribution is -2.46. The van der Waals surface area contributed by atoms with E-state index in [0.29, 0.717) is 39.0 Å². The molecule has 9 nitrogen and oxygen atoms in total. The number of nitrogens with zero attached hydrogens (tertiary/aromatic N) is 2. The third-order valence-corrected chi connectivity index (χ3v) is 11.6. The third-order valence-electron chi connectivity index (χ3n) is 11.6. The quantitative estimate of drug-likeness (QED) is 0.0554. The Morgan fingerprint density at radius 2 is 0.764 bits per heavy atom. The second-order valence-electron chi connectivity index (χ2n) is 16.5. The normalized spacial score (nSPS) is 16.7. The lowest BCUT2D eigenvalue weighted by molar-refractivity contribution is -0.138. The van der Waals surface area contributed by atoms with E-state index in [1.807, 2.05) is 9.80 Å². The Labute approximate surface area is 344 Å². The number of amides is 4. The van der Waals surface area contributed by atoms with Crippen molar-refractivity contribution < 1.29 is 19.2 Å². The molecular weight excluding hydrogens is 710 g/mol. The van der Waals surface area contributed by atoms with Crippen LogP contribution in [0, 0.1) is 0 Å². The summed E-state index contributed by atoms with van der Waals surface area (Å²) in [7, 11) is 0. The number of hydrogen-bond donors (Lipinski definition) is 3. The lowest BCUT2D eigenvalue weighted by Gasteiger charge is -2.24. The highest BCUT2D eigenvalue weighted by Crippen LogP contribution is 2.21. The largest absolute Gasteiger partial charge is 0.354 e. The maximum atomic E-state index is 12.9. The van der Waals surface area contributed by atoms with E-state index in [1.54, 1.807) is 0 Å². The summed E-state index contributed by atoms with van der Waals surface area (Å²) in [6.07, 6.45) is 35.0. The summed E-state index contributed by atoms with van der Waals surface area (Å²) in [5.74, 6) is 0.283.